The summed E-state index contributed by atoms with van der Waals surface area (Å²) in [5, 5.41) is 14.7. The van der Waals surface area contributed by atoms with E-state index < -0.39 is 23.3 Å². The lowest BCUT2D eigenvalue weighted by atomic mass is 9.91. The fourth-order valence-corrected chi connectivity index (χ4v) is 10.9. The van der Waals surface area contributed by atoms with Crippen LogP contribution in [0.2, 0.25) is 0 Å². The number of hydrogen-bond donors (Lipinski definition) is 5. The van der Waals surface area contributed by atoms with Gasteiger partial charge in [-0.15, -0.1) is 0 Å². The Hall–Kier alpha value is -4.05. The maximum absolute atomic E-state index is 12.9. The van der Waals surface area contributed by atoms with E-state index in [1.54, 1.807) is 24.6 Å². The van der Waals surface area contributed by atoms with E-state index in [1.165, 1.54) is 24.3 Å². The first-order valence-electron chi connectivity index (χ1n) is 27.4. The van der Waals surface area contributed by atoms with Gasteiger partial charge in [-0.1, -0.05) is 97.8 Å². The van der Waals surface area contributed by atoms with Crippen LogP contribution in [0.25, 0.3) is 0 Å². The van der Waals surface area contributed by atoms with Crippen molar-refractivity contribution in [1.29, 1.82) is 0 Å². The number of esters is 1. The number of hydrogen-bond acceptors (Lipinski definition) is 15. The van der Waals surface area contributed by atoms with E-state index in [0.29, 0.717) is 70.0 Å². The smallest absolute Gasteiger partial charge is 0.328 e. The standard InChI is InChI=1S/C57H91N7O10S2/c1-42(2)37-48(55(68)70-8)62-56(69)57(5,6)41-61-52(67)39-60-50(65)18-12-9-15-43(3)53-54(74-53)46-21-19-45(20-22-46)40-64-29-27-63(28-30-64)26-23-44(4)75-76-49-17-11-10-16-47(49)38-51(66)59-25-14-32-72-34-36-73-35-33-71-31-13-24-58-7/h10-12,16-22,42-44,48,53-54,58H,9,13-15,23-41H2,1-8H3,(H,59,66)(H,60,65)(H,61,67)(H,62,69)/b18-12+/t43-,44-,48-,53+,54+/m0/s1. The highest BCUT2D eigenvalue weighted by atomic mass is 33.1. The number of allylic oxidation sites excluding steroid dienone is 1. The van der Waals surface area contributed by atoms with Gasteiger partial charge in [0.25, 0.3) is 0 Å². The average molecular weight is 1100 g/mol. The maximum Gasteiger partial charge on any atom is 0.328 e. The van der Waals surface area contributed by atoms with Gasteiger partial charge in [0.15, 0.2) is 0 Å². The Morgan fingerprint density at radius 1 is 0.803 bits per heavy atom. The fourth-order valence-electron chi connectivity index (χ4n) is 8.46. The molecular formula is C57H91N7O10S2. The number of piperazine rings is 1. The van der Waals surface area contributed by atoms with E-state index >= 15 is 0 Å². The minimum absolute atomic E-state index is 0.0281. The van der Waals surface area contributed by atoms with Crippen molar-refractivity contribution in [3.05, 3.63) is 77.4 Å². The number of nitrogens with zero attached hydrogens (tertiary/aromatic N) is 2. The quantitative estimate of drug-likeness (QED) is 0.0169. The second kappa shape index (κ2) is 36.2. The van der Waals surface area contributed by atoms with Crippen LogP contribution < -0.4 is 26.6 Å². The fraction of sp³-hybridized carbons (Fsp3) is 0.667. The SMILES string of the molecule is CNCCCOCCOCCOCCCNC(=O)Cc1ccccc1SS[C@@H](C)CCN1CCN(Cc2ccc([C@H]3O[C@@H]3[C@@H](C)CC/C=C/C(=O)NCC(=O)NCC(C)(C)C(=O)N[C@@H](CC(C)C)C(=O)OC)cc2)CC1. The van der Waals surface area contributed by atoms with Gasteiger partial charge in [-0.25, -0.2) is 4.79 Å². The van der Waals surface area contributed by atoms with Crippen LogP contribution in [0.4, 0.5) is 0 Å². The van der Waals surface area contributed by atoms with Crippen molar-refractivity contribution in [3.8, 4) is 0 Å². The number of methoxy groups -OCH3 is 1. The van der Waals surface area contributed by atoms with Crippen LogP contribution in [0.5, 0.6) is 0 Å². The number of benzene rings is 2. The molecule has 5 atom stereocenters. The zero-order valence-corrected chi connectivity index (χ0v) is 48.4. The van der Waals surface area contributed by atoms with Crippen molar-refractivity contribution < 1.29 is 47.7 Å². The topological polar surface area (TPSA) is 201 Å². The second-order valence-electron chi connectivity index (χ2n) is 21.0. The van der Waals surface area contributed by atoms with Gasteiger partial charge in [0.2, 0.25) is 23.6 Å². The van der Waals surface area contributed by atoms with E-state index in [1.807, 2.05) is 49.9 Å². The lowest BCUT2D eigenvalue weighted by molar-refractivity contribution is -0.147. The van der Waals surface area contributed by atoms with Crippen LogP contribution in [0, 0.1) is 17.3 Å². The summed E-state index contributed by atoms with van der Waals surface area (Å²) in [6, 6.07) is 16.3. The van der Waals surface area contributed by atoms with Crippen LogP contribution in [-0.2, 0) is 60.6 Å². The zero-order valence-electron chi connectivity index (χ0n) is 46.8. The molecule has 426 valence electrons. The summed E-state index contributed by atoms with van der Waals surface area (Å²) in [7, 11) is 6.87. The molecule has 4 rings (SSSR count). The zero-order chi connectivity index (χ0) is 55.1. The molecule has 2 aliphatic heterocycles. The molecule has 4 amide bonds. The number of nitrogens with one attached hydrogen (secondary N) is 5. The van der Waals surface area contributed by atoms with E-state index in [4.69, 9.17) is 23.7 Å². The van der Waals surface area contributed by atoms with E-state index in [9.17, 15) is 24.0 Å². The molecule has 0 unspecified atom stereocenters. The summed E-state index contributed by atoms with van der Waals surface area (Å²) in [5.74, 6) is -1.18. The predicted molar refractivity (Wildman–Crippen MR) is 303 cm³/mol. The van der Waals surface area contributed by atoms with Crippen molar-refractivity contribution in [2.45, 2.75) is 121 Å². The first-order valence-corrected chi connectivity index (χ1v) is 29.6. The molecule has 0 aliphatic carbocycles. The third-order valence-electron chi connectivity index (χ3n) is 13.3. The summed E-state index contributed by atoms with van der Waals surface area (Å²) in [5.41, 5.74) is 2.56. The molecular weight excluding hydrogens is 1010 g/mol. The van der Waals surface area contributed by atoms with Gasteiger partial charge in [0, 0.05) is 69.2 Å². The molecule has 0 bridgehead atoms. The van der Waals surface area contributed by atoms with Crippen molar-refractivity contribution in [3.63, 3.8) is 0 Å². The molecule has 0 radical (unpaired) electrons. The van der Waals surface area contributed by atoms with Gasteiger partial charge in [0.05, 0.1) is 58.0 Å². The van der Waals surface area contributed by atoms with Gasteiger partial charge >= 0.3 is 5.97 Å². The first kappa shape index (κ1) is 64.5. The van der Waals surface area contributed by atoms with Crippen LogP contribution >= 0.6 is 21.6 Å². The van der Waals surface area contributed by atoms with Gasteiger partial charge in [-0.2, -0.15) is 0 Å². The van der Waals surface area contributed by atoms with Crippen molar-refractivity contribution in [2.75, 3.05) is 113 Å². The Bertz CT molecular complexity index is 2060. The van der Waals surface area contributed by atoms with E-state index in [2.05, 4.69) is 86.6 Å². The second-order valence-corrected chi connectivity index (χ2v) is 23.6. The highest BCUT2D eigenvalue weighted by molar-refractivity contribution is 8.77. The Kier molecular flexibility index (Phi) is 30.7. The summed E-state index contributed by atoms with van der Waals surface area (Å²) in [6.07, 6.45) is 8.70. The van der Waals surface area contributed by atoms with Crippen molar-refractivity contribution in [1.82, 2.24) is 36.4 Å². The molecule has 19 heteroatoms. The highest BCUT2D eigenvalue weighted by Gasteiger charge is 2.43. The van der Waals surface area contributed by atoms with Crippen LogP contribution in [0.15, 0.2) is 65.6 Å². The monoisotopic (exact) mass is 1100 g/mol. The third-order valence-corrected chi connectivity index (χ3v) is 16.4. The van der Waals surface area contributed by atoms with Crippen LogP contribution in [0.3, 0.4) is 0 Å². The van der Waals surface area contributed by atoms with Crippen molar-refractivity contribution in [2.24, 2.45) is 17.3 Å². The molecule has 2 aromatic rings. The van der Waals surface area contributed by atoms with Crippen LogP contribution in [-0.4, -0.2) is 169 Å². The summed E-state index contributed by atoms with van der Waals surface area (Å²) in [6.45, 7) is 22.8. The lowest BCUT2D eigenvalue weighted by Gasteiger charge is -2.35. The summed E-state index contributed by atoms with van der Waals surface area (Å²) < 4.78 is 27.7. The average Bonchev–Trinajstić information content (AvgIpc) is 4.21. The molecule has 2 aromatic carbocycles. The molecule has 0 spiro atoms. The Balaban J connectivity index is 1.02. The minimum atomic E-state index is -0.995. The Morgan fingerprint density at radius 3 is 2.13 bits per heavy atom. The van der Waals surface area contributed by atoms with Gasteiger partial charge in [0.1, 0.15) is 12.1 Å². The van der Waals surface area contributed by atoms with E-state index in [-0.39, 0.29) is 48.9 Å². The van der Waals surface area contributed by atoms with Gasteiger partial charge < -0.3 is 55.2 Å². The number of amides is 4. The molecule has 0 saturated carbocycles. The van der Waals surface area contributed by atoms with Gasteiger partial charge in [-0.05, 0) is 113 Å². The van der Waals surface area contributed by atoms with Gasteiger partial charge in [-0.3, -0.25) is 24.1 Å². The largest absolute Gasteiger partial charge is 0.467 e. The van der Waals surface area contributed by atoms with E-state index in [0.717, 1.165) is 88.6 Å². The molecule has 2 saturated heterocycles. The number of epoxide rings is 1. The normalized spacial score (nSPS) is 17.3. The minimum Gasteiger partial charge on any atom is -0.467 e. The number of carbonyl (C=O) groups is 5. The molecule has 2 heterocycles. The number of ether oxygens (including phenoxy) is 5. The molecule has 0 aromatic heterocycles. The van der Waals surface area contributed by atoms with Crippen molar-refractivity contribution >= 4 is 51.2 Å². The summed E-state index contributed by atoms with van der Waals surface area (Å²) >= 11 is 0. The number of carbonyl (C=O) groups excluding carboxylic acids is 5. The molecule has 2 aliphatic rings. The molecule has 76 heavy (non-hydrogen) atoms. The van der Waals surface area contributed by atoms with Crippen LogP contribution in [0.1, 0.15) is 103 Å². The Labute approximate surface area is 462 Å². The Morgan fingerprint density at radius 2 is 1.46 bits per heavy atom. The molecule has 5 N–H and O–H groups in total. The third kappa shape index (κ3) is 26.1. The maximum atomic E-state index is 12.9. The highest BCUT2D eigenvalue weighted by Crippen LogP contribution is 2.44. The summed E-state index contributed by atoms with van der Waals surface area (Å²) in [4.78, 5) is 69.0. The number of rotatable bonds is 39. The first-order chi connectivity index (χ1) is 36.6. The molecule has 2 fully saturated rings. The molecule has 17 nitrogen and oxygen atoms in total. The predicted octanol–water partition coefficient (Wildman–Crippen LogP) is 6.11. The lowest BCUT2D eigenvalue weighted by Crippen LogP contribution is -2.51.